The molecule has 0 aliphatic heterocycles. The van der Waals surface area contributed by atoms with Crippen LogP contribution in [-0.2, 0) is 0 Å². The molecule has 0 fully saturated rings. The van der Waals surface area contributed by atoms with Gasteiger partial charge in [0.2, 0.25) is 0 Å². The molecule has 0 aromatic heterocycles. The molecule has 0 heterocycles. The van der Waals surface area contributed by atoms with Gasteiger partial charge < -0.3 is 10.1 Å². The summed E-state index contributed by atoms with van der Waals surface area (Å²) in [7, 11) is 0. The lowest BCUT2D eigenvalue weighted by molar-refractivity contribution is 0.177. The summed E-state index contributed by atoms with van der Waals surface area (Å²) >= 11 is 0. The van der Waals surface area contributed by atoms with Gasteiger partial charge in [-0.05, 0) is 30.2 Å². The minimum atomic E-state index is 0.157. The van der Waals surface area contributed by atoms with Crippen LogP contribution in [-0.4, -0.2) is 19.7 Å². The SMILES string of the molecule is CCNCC(C)(C)COc1cccc(C(C)C)c1. The van der Waals surface area contributed by atoms with E-state index < -0.39 is 0 Å². The molecule has 0 saturated heterocycles. The summed E-state index contributed by atoms with van der Waals surface area (Å²) in [6.45, 7) is 13.7. The fourth-order valence-electron chi connectivity index (χ4n) is 1.76. The van der Waals surface area contributed by atoms with Crippen LogP contribution in [0.5, 0.6) is 5.75 Å². The lowest BCUT2D eigenvalue weighted by Gasteiger charge is -2.25. The first-order chi connectivity index (χ1) is 8.44. The van der Waals surface area contributed by atoms with Crippen LogP contribution in [0.2, 0.25) is 0 Å². The molecule has 1 N–H and O–H groups in total. The molecular weight excluding hydrogens is 222 g/mol. The molecule has 2 nitrogen and oxygen atoms in total. The fraction of sp³-hybridized carbons (Fsp3) is 0.625. The van der Waals surface area contributed by atoms with E-state index >= 15 is 0 Å². The summed E-state index contributed by atoms with van der Waals surface area (Å²) in [5, 5.41) is 3.37. The molecule has 1 aromatic carbocycles. The summed E-state index contributed by atoms with van der Waals surface area (Å²) in [5.74, 6) is 1.52. The third kappa shape index (κ3) is 5.09. The molecule has 0 aliphatic rings. The average Bonchev–Trinajstić information content (AvgIpc) is 2.34. The lowest BCUT2D eigenvalue weighted by Crippen LogP contribution is -2.34. The molecule has 0 bridgehead atoms. The van der Waals surface area contributed by atoms with Crippen molar-refractivity contribution in [2.45, 2.75) is 40.5 Å². The predicted octanol–water partition coefficient (Wildman–Crippen LogP) is 3.82. The Bertz CT molecular complexity index is 358. The summed E-state index contributed by atoms with van der Waals surface area (Å²) < 4.78 is 5.92. The normalized spacial score (nSPS) is 11.9. The third-order valence-corrected chi connectivity index (χ3v) is 3.01. The second kappa shape index (κ2) is 6.79. The highest BCUT2D eigenvalue weighted by Crippen LogP contribution is 2.22. The van der Waals surface area contributed by atoms with E-state index in [4.69, 9.17) is 4.74 Å². The molecule has 2 heteroatoms. The van der Waals surface area contributed by atoms with E-state index in [2.05, 4.69) is 58.1 Å². The highest BCUT2D eigenvalue weighted by Gasteiger charge is 2.18. The fourth-order valence-corrected chi connectivity index (χ4v) is 1.76. The smallest absolute Gasteiger partial charge is 0.119 e. The van der Waals surface area contributed by atoms with E-state index in [1.807, 2.05) is 6.07 Å². The molecule has 0 spiro atoms. The molecule has 0 amide bonds. The van der Waals surface area contributed by atoms with Crippen molar-refractivity contribution in [3.63, 3.8) is 0 Å². The van der Waals surface area contributed by atoms with Crippen molar-refractivity contribution in [2.24, 2.45) is 5.41 Å². The van der Waals surface area contributed by atoms with Crippen molar-refractivity contribution < 1.29 is 4.74 Å². The van der Waals surface area contributed by atoms with Gasteiger partial charge in [-0.2, -0.15) is 0 Å². The van der Waals surface area contributed by atoms with Crippen LogP contribution in [0.1, 0.15) is 46.1 Å². The zero-order chi connectivity index (χ0) is 13.6. The van der Waals surface area contributed by atoms with Gasteiger partial charge in [0.15, 0.2) is 0 Å². The Morgan fingerprint density at radius 3 is 2.61 bits per heavy atom. The van der Waals surface area contributed by atoms with Crippen molar-refractivity contribution in [3.8, 4) is 5.75 Å². The number of rotatable bonds is 7. The Labute approximate surface area is 112 Å². The molecular formula is C16H27NO. The standard InChI is InChI=1S/C16H27NO/c1-6-17-11-16(4,5)12-18-15-9-7-8-14(10-15)13(2)3/h7-10,13,17H,6,11-12H2,1-5H3. The molecule has 1 aromatic rings. The van der Waals surface area contributed by atoms with E-state index in [0.29, 0.717) is 5.92 Å². The van der Waals surface area contributed by atoms with Gasteiger partial charge in [0.05, 0.1) is 6.61 Å². The van der Waals surface area contributed by atoms with Gasteiger partial charge in [-0.3, -0.25) is 0 Å². The van der Waals surface area contributed by atoms with Gasteiger partial charge in [0, 0.05) is 12.0 Å². The second-order valence-electron chi connectivity index (χ2n) is 5.96. The Kier molecular flexibility index (Phi) is 5.67. The van der Waals surface area contributed by atoms with E-state index in [0.717, 1.165) is 25.4 Å². The first kappa shape index (κ1) is 15.0. The number of nitrogens with one attached hydrogen (secondary N) is 1. The number of ether oxygens (including phenoxy) is 1. The highest BCUT2D eigenvalue weighted by molar-refractivity contribution is 5.30. The maximum atomic E-state index is 5.92. The van der Waals surface area contributed by atoms with E-state index in [9.17, 15) is 0 Å². The number of hydrogen-bond acceptors (Lipinski definition) is 2. The zero-order valence-electron chi connectivity index (χ0n) is 12.4. The van der Waals surface area contributed by atoms with E-state index in [1.54, 1.807) is 0 Å². The Balaban J connectivity index is 2.55. The van der Waals surface area contributed by atoms with Crippen LogP contribution in [0.3, 0.4) is 0 Å². The van der Waals surface area contributed by atoms with Gasteiger partial charge in [-0.15, -0.1) is 0 Å². The summed E-state index contributed by atoms with van der Waals surface area (Å²) in [6.07, 6.45) is 0. The van der Waals surface area contributed by atoms with Crippen LogP contribution in [0.25, 0.3) is 0 Å². The molecule has 1 rings (SSSR count). The largest absolute Gasteiger partial charge is 0.493 e. The summed E-state index contributed by atoms with van der Waals surface area (Å²) in [5.41, 5.74) is 1.49. The quantitative estimate of drug-likeness (QED) is 0.793. The van der Waals surface area contributed by atoms with Crippen LogP contribution in [0, 0.1) is 5.41 Å². The van der Waals surface area contributed by atoms with Crippen LogP contribution in [0.4, 0.5) is 0 Å². The molecule has 0 atom stereocenters. The first-order valence-electron chi connectivity index (χ1n) is 6.88. The maximum absolute atomic E-state index is 5.92. The molecule has 102 valence electrons. The number of hydrogen-bond donors (Lipinski definition) is 1. The van der Waals surface area contributed by atoms with E-state index in [-0.39, 0.29) is 5.41 Å². The lowest BCUT2D eigenvalue weighted by atomic mass is 9.95. The highest BCUT2D eigenvalue weighted by atomic mass is 16.5. The van der Waals surface area contributed by atoms with Crippen LogP contribution in [0.15, 0.2) is 24.3 Å². The monoisotopic (exact) mass is 249 g/mol. The van der Waals surface area contributed by atoms with Crippen molar-refractivity contribution in [1.82, 2.24) is 5.32 Å². The van der Waals surface area contributed by atoms with Gasteiger partial charge in [0.1, 0.15) is 5.75 Å². The topological polar surface area (TPSA) is 21.3 Å². The van der Waals surface area contributed by atoms with Crippen LogP contribution < -0.4 is 10.1 Å². The maximum Gasteiger partial charge on any atom is 0.119 e. The van der Waals surface area contributed by atoms with Crippen molar-refractivity contribution in [3.05, 3.63) is 29.8 Å². The second-order valence-corrected chi connectivity index (χ2v) is 5.96. The average molecular weight is 249 g/mol. The number of benzene rings is 1. The minimum absolute atomic E-state index is 0.157. The van der Waals surface area contributed by atoms with Gasteiger partial charge >= 0.3 is 0 Å². The Morgan fingerprint density at radius 2 is 2.00 bits per heavy atom. The van der Waals surface area contributed by atoms with Crippen LogP contribution >= 0.6 is 0 Å². The minimum Gasteiger partial charge on any atom is -0.493 e. The van der Waals surface area contributed by atoms with Crippen molar-refractivity contribution >= 4 is 0 Å². The Hall–Kier alpha value is -1.02. The van der Waals surface area contributed by atoms with Crippen molar-refractivity contribution in [1.29, 1.82) is 0 Å². The molecule has 0 aliphatic carbocycles. The molecule has 0 unspecified atom stereocenters. The molecule has 0 saturated carbocycles. The van der Waals surface area contributed by atoms with E-state index in [1.165, 1.54) is 5.56 Å². The zero-order valence-corrected chi connectivity index (χ0v) is 12.4. The van der Waals surface area contributed by atoms with Gasteiger partial charge in [-0.25, -0.2) is 0 Å². The predicted molar refractivity (Wildman–Crippen MR) is 78.4 cm³/mol. The first-order valence-corrected chi connectivity index (χ1v) is 6.88. The summed E-state index contributed by atoms with van der Waals surface area (Å²) in [4.78, 5) is 0. The summed E-state index contributed by atoms with van der Waals surface area (Å²) in [6, 6.07) is 8.41. The molecule has 0 radical (unpaired) electrons. The Morgan fingerprint density at radius 1 is 1.28 bits per heavy atom. The van der Waals surface area contributed by atoms with Gasteiger partial charge in [0.25, 0.3) is 0 Å². The van der Waals surface area contributed by atoms with Gasteiger partial charge in [-0.1, -0.05) is 46.8 Å². The van der Waals surface area contributed by atoms with Crippen molar-refractivity contribution in [2.75, 3.05) is 19.7 Å². The molecule has 18 heavy (non-hydrogen) atoms. The third-order valence-electron chi connectivity index (χ3n) is 3.01.